The molecule has 2 aliphatic heterocycles. The molecule has 2 heterocycles. The van der Waals surface area contributed by atoms with E-state index in [1.54, 1.807) is 24.0 Å². The number of hydrogen-bond acceptors (Lipinski definition) is 5. The summed E-state index contributed by atoms with van der Waals surface area (Å²) in [6, 6.07) is 15.0. The molecule has 0 saturated carbocycles. The molecule has 0 bridgehead atoms. The van der Waals surface area contributed by atoms with E-state index in [-0.39, 0.29) is 37.4 Å². The molecular weight excluding hydrogens is 384 g/mol. The Kier molecular flexibility index (Phi) is 5.44. The predicted octanol–water partition coefficient (Wildman–Crippen LogP) is 2.71. The molecule has 0 radical (unpaired) electrons. The van der Waals surface area contributed by atoms with Crippen molar-refractivity contribution >= 4 is 29.2 Å². The molecule has 0 saturated heterocycles. The van der Waals surface area contributed by atoms with E-state index in [0.29, 0.717) is 11.4 Å². The normalized spacial score (nSPS) is 18.3. The van der Waals surface area contributed by atoms with E-state index < -0.39 is 12.1 Å². The lowest BCUT2D eigenvalue weighted by atomic mass is 10.1. The SMILES string of the molecule is C[C@H](OC(=O)CCN1C(=O)COc2ccccc21)C(=O)N1c2ccccc2C[C@H]1C. The quantitative estimate of drug-likeness (QED) is 0.711. The summed E-state index contributed by atoms with van der Waals surface area (Å²) in [5.74, 6) is -0.370. The van der Waals surface area contributed by atoms with Gasteiger partial charge in [0.15, 0.2) is 12.7 Å². The largest absolute Gasteiger partial charge is 0.482 e. The molecule has 0 unspecified atom stereocenters. The number of carbonyl (C=O) groups excluding carboxylic acids is 3. The summed E-state index contributed by atoms with van der Waals surface area (Å²) in [6.07, 6.45) is -0.135. The van der Waals surface area contributed by atoms with E-state index >= 15 is 0 Å². The summed E-state index contributed by atoms with van der Waals surface area (Å²) >= 11 is 0. The molecule has 2 aromatic rings. The molecule has 2 amide bonds. The van der Waals surface area contributed by atoms with Gasteiger partial charge in [0.1, 0.15) is 5.75 Å². The third-order valence-electron chi connectivity index (χ3n) is 5.45. The number of rotatable bonds is 5. The van der Waals surface area contributed by atoms with E-state index in [0.717, 1.165) is 17.7 Å². The average molecular weight is 408 g/mol. The van der Waals surface area contributed by atoms with Crippen molar-refractivity contribution in [3.05, 3.63) is 54.1 Å². The van der Waals surface area contributed by atoms with E-state index in [1.165, 1.54) is 4.90 Å². The molecule has 0 N–H and O–H groups in total. The van der Waals surface area contributed by atoms with Gasteiger partial charge in [0.05, 0.1) is 12.1 Å². The van der Waals surface area contributed by atoms with Crippen molar-refractivity contribution in [1.29, 1.82) is 0 Å². The summed E-state index contributed by atoms with van der Waals surface area (Å²) in [4.78, 5) is 40.8. The average Bonchev–Trinajstić information content (AvgIpc) is 3.08. The van der Waals surface area contributed by atoms with Gasteiger partial charge in [0.2, 0.25) is 0 Å². The summed E-state index contributed by atoms with van der Waals surface area (Å²) in [5, 5.41) is 0. The van der Waals surface area contributed by atoms with Crippen molar-refractivity contribution in [2.24, 2.45) is 0 Å². The van der Waals surface area contributed by atoms with Gasteiger partial charge < -0.3 is 19.3 Å². The Hall–Kier alpha value is -3.35. The number of nitrogens with zero attached hydrogens (tertiary/aromatic N) is 2. The fourth-order valence-corrected chi connectivity index (χ4v) is 4.01. The van der Waals surface area contributed by atoms with Crippen LogP contribution in [0, 0.1) is 0 Å². The number of fused-ring (bicyclic) bond motifs is 2. The standard InChI is InChI=1S/C23H24N2O5/c1-15-13-17-7-3-4-8-18(17)25(15)23(28)16(2)30-22(27)11-12-24-19-9-5-6-10-20(19)29-14-21(24)26/h3-10,15-16H,11-14H2,1-2H3/t15-,16+/m1/s1. The number of hydrogen-bond donors (Lipinski definition) is 0. The van der Waals surface area contributed by atoms with E-state index in [9.17, 15) is 14.4 Å². The van der Waals surface area contributed by atoms with Gasteiger partial charge in [-0.3, -0.25) is 14.4 Å². The zero-order chi connectivity index (χ0) is 21.3. The second kappa shape index (κ2) is 8.18. The first-order valence-corrected chi connectivity index (χ1v) is 10.1. The molecule has 2 aliphatic rings. The summed E-state index contributed by atoms with van der Waals surface area (Å²) < 4.78 is 10.8. The Bertz CT molecular complexity index is 989. The van der Waals surface area contributed by atoms with Crippen molar-refractivity contribution in [3.63, 3.8) is 0 Å². The summed E-state index contributed by atoms with van der Waals surface area (Å²) in [6.45, 7) is 3.67. The summed E-state index contributed by atoms with van der Waals surface area (Å²) in [5.41, 5.74) is 2.61. The van der Waals surface area contributed by atoms with Crippen LogP contribution in [0.15, 0.2) is 48.5 Å². The Morgan fingerprint density at radius 2 is 1.83 bits per heavy atom. The number of esters is 1. The van der Waals surface area contributed by atoms with Gasteiger partial charge in [0.25, 0.3) is 11.8 Å². The molecule has 2 aromatic carbocycles. The minimum absolute atomic E-state index is 0.0101. The lowest BCUT2D eigenvalue weighted by Crippen LogP contribution is -2.44. The lowest BCUT2D eigenvalue weighted by molar-refractivity contribution is -0.153. The fraction of sp³-hybridized carbons (Fsp3) is 0.348. The number of ether oxygens (including phenoxy) is 2. The number of carbonyl (C=O) groups is 3. The third-order valence-corrected chi connectivity index (χ3v) is 5.45. The zero-order valence-electron chi connectivity index (χ0n) is 17.0. The first-order valence-electron chi connectivity index (χ1n) is 10.1. The van der Waals surface area contributed by atoms with Crippen LogP contribution in [0.3, 0.4) is 0 Å². The van der Waals surface area contributed by atoms with Gasteiger partial charge in [-0.2, -0.15) is 0 Å². The highest BCUT2D eigenvalue weighted by Gasteiger charge is 2.34. The van der Waals surface area contributed by atoms with Crippen molar-refractivity contribution in [2.45, 2.75) is 38.8 Å². The molecule has 156 valence electrons. The van der Waals surface area contributed by atoms with Gasteiger partial charge in [-0.1, -0.05) is 30.3 Å². The topological polar surface area (TPSA) is 76.1 Å². The van der Waals surface area contributed by atoms with E-state index in [2.05, 4.69) is 0 Å². The van der Waals surface area contributed by atoms with Gasteiger partial charge in [0, 0.05) is 18.3 Å². The molecule has 7 nitrogen and oxygen atoms in total. The van der Waals surface area contributed by atoms with Crippen LogP contribution >= 0.6 is 0 Å². The molecule has 7 heteroatoms. The summed E-state index contributed by atoms with van der Waals surface area (Å²) in [7, 11) is 0. The van der Waals surface area contributed by atoms with Crippen LogP contribution in [0.5, 0.6) is 5.75 Å². The van der Waals surface area contributed by atoms with Gasteiger partial charge >= 0.3 is 5.97 Å². The Morgan fingerprint density at radius 3 is 2.63 bits per heavy atom. The maximum absolute atomic E-state index is 12.9. The number of anilines is 2. The maximum atomic E-state index is 12.9. The minimum Gasteiger partial charge on any atom is -0.482 e. The van der Waals surface area contributed by atoms with Gasteiger partial charge in [-0.15, -0.1) is 0 Å². The highest BCUT2D eigenvalue weighted by Crippen LogP contribution is 2.33. The van der Waals surface area contributed by atoms with Crippen LogP contribution in [0.4, 0.5) is 11.4 Å². The lowest BCUT2D eigenvalue weighted by Gasteiger charge is -2.29. The molecule has 0 aliphatic carbocycles. The number of benzene rings is 2. The molecule has 0 aromatic heterocycles. The highest BCUT2D eigenvalue weighted by molar-refractivity contribution is 6.00. The third kappa shape index (κ3) is 3.75. The first-order chi connectivity index (χ1) is 14.5. The predicted molar refractivity (Wildman–Crippen MR) is 112 cm³/mol. The second-order valence-electron chi connectivity index (χ2n) is 7.57. The monoisotopic (exact) mass is 408 g/mol. The Balaban J connectivity index is 1.37. The van der Waals surface area contributed by atoms with Crippen LogP contribution < -0.4 is 14.5 Å². The number of amides is 2. The van der Waals surface area contributed by atoms with E-state index in [1.807, 2.05) is 43.3 Å². The van der Waals surface area contributed by atoms with Crippen molar-refractivity contribution in [2.75, 3.05) is 23.0 Å². The van der Waals surface area contributed by atoms with Crippen molar-refractivity contribution in [1.82, 2.24) is 0 Å². The molecule has 4 rings (SSSR count). The molecule has 0 fully saturated rings. The molecule has 30 heavy (non-hydrogen) atoms. The molecule has 2 atom stereocenters. The van der Waals surface area contributed by atoms with Crippen LogP contribution in [-0.4, -0.2) is 43.1 Å². The van der Waals surface area contributed by atoms with Crippen LogP contribution in [-0.2, 0) is 25.5 Å². The van der Waals surface area contributed by atoms with Gasteiger partial charge in [-0.05, 0) is 44.0 Å². The van der Waals surface area contributed by atoms with E-state index in [4.69, 9.17) is 9.47 Å². The molecular formula is C23H24N2O5. The number of para-hydroxylation sites is 3. The Labute approximate surface area is 175 Å². The van der Waals surface area contributed by atoms with Crippen LogP contribution in [0.2, 0.25) is 0 Å². The Morgan fingerprint density at radius 1 is 1.13 bits per heavy atom. The van der Waals surface area contributed by atoms with Crippen LogP contribution in [0.25, 0.3) is 0 Å². The van der Waals surface area contributed by atoms with Crippen molar-refractivity contribution < 1.29 is 23.9 Å². The van der Waals surface area contributed by atoms with Gasteiger partial charge in [-0.25, -0.2) is 0 Å². The zero-order valence-corrected chi connectivity index (χ0v) is 17.0. The smallest absolute Gasteiger partial charge is 0.308 e. The minimum atomic E-state index is -0.904. The maximum Gasteiger partial charge on any atom is 0.308 e. The van der Waals surface area contributed by atoms with Crippen LogP contribution in [0.1, 0.15) is 25.8 Å². The first kappa shape index (κ1) is 19.9. The fourth-order valence-electron chi connectivity index (χ4n) is 4.01. The second-order valence-corrected chi connectivity index (χ2v) is 7.57. The van der Waals surface area contributed by atoms with Crippen molar-refractivity contribution in [3.8, 4) is 5.75 Å². The highest BCUT2D eigenvalue weighted by atomic mass is 16.5. The molecule has 0 spiro atoms.